The molecule has 0 bridgehead atoms. The molecule has 0 radical (unpaired) electrons. The van der Waals surface area contributed by atoms with Crippen LogP contribution >= 0.6 is 11.8 Å². The van der Waals surface area contributed by atoms with Crippen LogP contribution in [0.4, 0.5) is 5.69 Å². The average molecular weight is 439 g/mol. The number of esters is 1. The lowest BCUT2D eigenvalue weighted by atomic mass is 10.2. The number of amides is 1. The zero-order valence-corrected chi connectivity index (χ0v) is 18.8. The fourth-order valence-electron chi connectivity index (χ4n) is 2.98. The molecule has 7 heteroatoms. The first-order valence-electron chi connectivity index (χ1n) is 10.4. The molecule has 1 fully saturated rings. The van der Waals surface area contributed by atoms with Crippen LogP contribution in [-0.4, -0.2) is 41.7 Å². The molecular formula is C24H26N2O4S. The quantitative estimate of drug-likeness (QED) is 0.415. The Kier molecular flexibility index (Phi) is 7.89. The summed E-state index contributed by atoms with van der Waals surface area (Å²) in [4.78, 5) is 31.8. The third-order valence-corrected chi connectivity index (χ3v) is 5.46. The Labute approximate surface area is 187 Å². The number of amidine groups is 1. The van der Waals surface area contributed by atoms with Crippen LogP contribution in [0.3, 0.4) is 0 Å². The molecule has 6 nitrogen and oxygen atoms in total. The van der Waals surface area contributed by atoms with E-state index in [0.29, 0.717) is 41.1 Å². The van der Waals surface area contributed by atoms with E-state index in [4.69, 9.17) is 9.47 Å². The van der Waals surface area contributed by atoms with E-state index in [-0.39, 0.29) is 5.91 Å². The fourth-order valence-corrected chi connectivity index (χ4v) is 4.04. The summed E-state index contributed by atoms with van der Waals surface area (Å²) in [5, 5.41) is 0.576. The van der Waals surface area contributed by atoms with Crippen LogP contribution in [0.2, 0.25) is 0 Å². The smallest absolute Gasteiger partial charge is 0.338 e. The van der Waals surface area contributed by atoms with Gasteiger partial charge >= 0.3 is 5.97 Å². The lowest BCUT2D eigenvalue weighted by Gasteiger charge is -2.12. The molecule has 0 atom stereocenters. The van der Waals surface area contributed by atoms with Crippen molar-refractivity contribution in [1.82, 2.24) is 4.90 Å². The van der Waals surface area contributed by atoms with Crippen molar-refractivity contribution in [2.24, 2.45) is 4.99 Å². The molecule has 31 heavy (non-hydrogen) atoms. The highest BCUT2D eigenvalue weighted by molar-refractivity contribution is 8.18. The first-order valence-corrected chi connectivity index (χ1v) is 11.2. The van der Waals surface area contributed by atoms with Gasteiger partial charge in [0.1, 0.15) is 5.75 Å². The van der Waals surface area contributed by atoms with Crippen LogP contribution < -0.4 is 4.74 Å². The molecule has 0 saturated carbocycles. The number of carbonyl (C=O) groups excluding carboxylic acids is 2. The highest BCUT2D eigenvalue weighted by Crippen LogP contribution is 2.35. The van der Waals surface area contributed by atoms with Crippen LogP contribution in [0, 0.1) is 0 Å². The number of ether oxygens (including phenoxy) is 2. The van der Waals surface area contributed by atoms with Crippen LogP contribution in [0.25, 0.3) is 6.08 Å². The zero-order valence-electron chi connectivity index (χ0n) is 18.0. The van der Waals surface area contributed by atoms with Gasteiger partial charge in [-0.25, -0.2) is 9.79 Å². The molecule has 3 rings (SSSR count). The number of hydrogen-bond acceptors (Lipinski definition) is 6. The lowest BCUT2D eigenvalue weighted by Crippen LogP contribution is -2.28. The summed E-state index contributed by atoms with van der Waals surface area (Å²) in [5.41, 5.74) is 1.87. The maximum Gasteiger partial charge on any atom is 0.338 e. The molecule has 0 aromatic heterocycles. The van der Waals surface area contributed by atoms with Gasteiger partial charge in [-0.1, -0.05) is 31.2 Å². The Balaban J connectivity index is 1.90. The van der Waals surface area contributed by atoms with Gasteiger partial charge in [-0.3, -0.25) is 9.69 Å². The number of para-hydroxylation sites is 1. The van der Waals surface area contributed by atoms with Crippen molar-refractivity contribution in [1.29, 1.82) is 0 Å². The minimum atomic E-state index is -0.392. The number of aliphatic imine (C=N–C) groups is 1. The second-order valence-electron chi connectivity index (χ2n) is 6.71. The molecule has 1 saturated heterocycles. The van der Waals surface area contributed by atoms with Gasteiger partial charge in [0, 0.05) is 12.1 Å². The minimum absolute atomic E-state index is 0.0990. The molecule has 162 valence electrons. The zero-order chi connectivity index (χ0) is 22.2. The predicted molar refractivity (Wildman–Crippen MR) is 125 cm³/mol. The number of hydrogen-bond donors (Lipinski definition) is 0. The Morgan fingerprint density at radius 3 is 2.68 bits per heavy atom. The van der Waals surface area contributed by atoms with E-state index in [9.17, 15) is 9.59 Å². The summed E-state index contributed by atoms with van der Waals surface area (Å²) >= 11 is 1.31. The molecule has 0 N–H and O–H groups in total. The number of benzene rings is 2. The summed E-state index contributed by atoms with van der Waals surface area (Å²) in [5.74, 6) is 0.259. The van der Waals surface area contributed by atoms with E-state index in [1.807, 2.05) is 37.3 Å². The van der Waals surface area contributed by atoms with E-state index in [2.05, 4.69) is 11.9 Å². The van der Waals surface area contributed by atoms with Gasteiger partial charge in [0.25, 0.3) is 5.91 Å². The van der Waals surface area contributed by atoms with Crippen LogP contribution in [-0.2, 0) is 9.53 Å². The highest BCUT2D eigenvalue weighted by atomic mass is 32.2. The first kappa shape index (κ1) is 22.6. The molecule has 0 aliphatic carbocycles. The van der Waals surface area contributed by atoms with Crippen molar-refractivity contribution >= 4 is 40.6 Å². The molecule has 2 aromatic carbocycles. The largest absolute Gasteiger partial charge is 0.493 e. The van der Waals surface area contributed by atoms with Crippen molar-refractivity contribution in [3.8, 4) is 5.75 Å². The number of rotatable bonds is 8. The van der Waals surface area contributed by atoms with Crippen molar-refractivity contribution in [2.75, 3.05) is 19.8 Å². The summed E-state index contributed by atoms with van der Waals surface area (Å²) in [7, 11) is 0. The standard InChI is InChI=1S/C24H26N2O4S/c1-4-14-30-20-13-8-7-10-17(20)16-21-22(27)26(5-2)24(31-21)25-19-12-9-11-18(15-19)23(28)29-6-3/h7-13,15-16H,4-6,14H2,1-3H3. The fraction of sp³-hybridized carbons (Fsp3) is 0.292. The first-order chi connectivity index (χ1) is 15.1. The molecule has 0 spiro atoms. The van der Waals surface area contributed by atoms with Gasteiger partial charge in [0.2, 0.25) is 0 Å². The number of carbonyl (C=O) groups is 2. The second kappa shape index (κ2) is 10.8. The molecule has 1 heterocycles. The van der Waals surface area contributed by atoms with Crippen molar-refractivity contribution in [3.63, 3.8) is 0 Å². The monoisotopic (exact) mass is 438 g/mol. The minimum Gasteiger partial charge on any atom is -0.493 e. The van der Waals surface area contributed by atoms with Crippen LogP contribution in [0.5, 0.6) is 5.75 Å². The molecule has 1 amide bonds. The Morgan fingerprint density at radius 1 is 1.13 bits per heavy atom. The molecule has 2 aromatic rings. The van der Waals surface area contributed by atoms with Gasteiger partial charge in [-0.15, -0.1) is 0 Å². The van der Waals surface area contributed by atoms with E-state index in [1.54, 1.807) is 36.1 Å². The highest BCUT2D eigenvalue weighted by Gasteiger charge is 2.32. The number of nitrogens with zero attached hydrogens (tertiary/aromatic N) is 2. The average Bonchev–Trinajstić information content (AvgIpc) is 3.07. The molecule has 1 aliphatic heterocycles. The van der Waals surface area contributed by atoms with Gasteiger partial charge in [0.05, 0.1) is 29.4 Å². The van der Waals surface area contributed by atoms with Gasteiger partial charge in [-0.2, -0.15) is 0 Å². The maximum atomic E-state index is 13.0. The Morgan fingerprint density at radius 2 is 1.94 bits per heavy atom. The topological polar surface area (TPSA) is 68.2 Å². The normalized spacial score (nSPS) is 16.2. The maximum absolute atomic E-state index is 13.0. The molecule has 1 aliphatic rings. The van der Waals surface area contributed by atoms with Gasteiger partial charge in [-0.05, 0) is 62.4 Å². The van der Waals surface area contributed by atoms with Crippen molar-refractivity contribution in [3.05, 3.63) is 64.6 Å². The van der Waals surface area contributed by atoms with E-state index >= 15 is 0 Å². The summed E-state index contributed by atoms with van der Waals surface area (Å²) in [6, 6.07) is 14.6. The van der Waals surface area contributed by atoms with E-state index < -0.39 is 5.97 Å². The van der Waals surface area contributed by atoms with Gasteiger partial charge in [0.15, 0.2) is 5.17 Å². The number of likely N-dealkylation sites (N-methyl/N-ethyl adjacent to an activating group) is 1. The second-order valence-corrected chi connectivity index (χ2v) is 7.72. The van der Waals surface area contributed by atoms with Crippen molar-refractivity contribution in [2.45, 2.75) is 27.2 Å². The van der Waals surface area contributed by atoms with Crippen LogP contribution in [0.15, 0.2) is 58.4 Å². The van der Waals surface area contributed by atoms with Gasteiger partial charge < -0.3 is 9.47 Å². The van der Waals surface area contributed by atoms with Crippen molar-refractivity contribution < 1.29 is 19.1 Å². The summed E-state index contributed by atoms with van der Waals surface area (Å²) in [6.45, 7) is 7.14. The molecular weight excluding hydrogens is 412 g/mol. The predicted octanol–water partition coefficient (Wildman–Crippen LogP) is 5.28. The Bertz CT molecular complexity index is 1020. The molecule has 0 unspecified atom stereocenters. The van der Waals surface area contributed by atoms with E-state index in [0.717, 1.165) is 17.7 Å². The summed E-state index contributed by atoms with van der Waals surface area (Å²) in [6.07, 6.45) is 2.75. The SMILES string of the molecule is CCCOc1ccccc1C=C1SC(=Nc2cccc(C(=O)OCC)c2)N(CC)C1=O. The lowest BCUT2D eigenvalue weighted by molar-refractivity contribution is -0.122. The summed E-state index contributed by atoms with van der Waals surface area (Å²) < 4.78 is 10.9. The number of thioether (sulfide) groups is 1. The van der Waals surface area contributed by atoms with E-state index in [1.165, 1.54) is 11.8 Å². The Hall–Kier alpha value is -3.06. The third-order valence-electron chi connectivity index (χ3n) is 4.45. The third kappa shape index (κ3) is 5.55. The van der Waals surface area contributed by atoms with Crippen LogP contribution in [0.1, 0.15) is 43.1 Å².